The first-order chi connectivity index (χ1) is 9.72. The molecule has 2 aromatic carbocycles. The normalized spacial score (nSPS) is 21.1. The Morgan fingerprint density at radius 2 is 1.65 bits per heavy atom. The van der Waals surface area contributed by atoms with Crippen molar-refractivity contribution in [2.24, 2.45) is 16.1 Å². The van der Waals surface area contributed by atoms with Crippen LogP contribution < -0.4 is 10.7 Å². The molecule has 0 aromatic heterocycles. The molecule has 3 rings (SSSR count). The van der Waals surface area contributed by atoms with Gasteiger partial charge in [-0.3, -0.25) is 4.79 Å². The van der Waals surface area contributed by atoms with Crippen LogP contribution >= 0.6 is 0 Å². The molecule has 0 fully saturated rings. The van der Waals surface area contributed by atoms with Crippen molar-refractivity contribution >= 4 is 11.6 Å². The topological polar surface area (TPSA) is 71.1 Å². The first-order valence-corrected chi connectivity index (χ1v) is 6.33. The molecule has 1 aliphatic rings. The van der Waals surface area contributed by atoms with Gasteiger partial charge in [0, 0.05) is 0 Å². The molecule has 1 amide bonds. The molecule has 0 radical (unpaired) electrons. The number of carbonyl (C=O) groups is 1. The van der Waals surface area contributed by atoms with Gasteiger partial charge in [0.05, 0.1) is 12.2 Å². The summed E-state index contributed by atoms with van der Waals surface area (Å²) in [5.74, 6) is -0.495. The van der Waals surface area contributed by atoms with Gasteiger partial charge >= 0.3 is 0 Å². The number of carbonyl (C=O) groups excluding carboxylic acids is 1. The molecule has 1 heterocycles. The fourth-order valence-electron chi connectivity index (χ4n) is 2.29. The summed E-state index contributed by atoms with van der Waals surface area (Å²) < 4.78 is 0. The zero-order valence-corrected chi connectivity index (χ0v) is 10.8. The molecule has 0 saturated heterocycles. The van der Waals surface area contributed by atoms with E-state index in [9.17, 15) is 4.79 Å². The van der Waals surface area contributed by atoms with Gasteiger partial charge < -0.3 is 5.73 Å². The van der Waals surface area contributed by atoms with Crippen LogP contribution in [0.25, 0.3) is 0 Å². The van der Waals surface area contributed by atoms with E-state index in [0.717, 1.165) is 11.3 Å². The van der Waals surface area contributed by atoms with Crippen molar-refractivity contribution in [3.05, 3.63) is 66.2 Å². The number of para-hydroxylation sites is 1. The van der Waals surface area contributed by atoms with E-state index in [-0.39, 0.29) is 0 Å². The molecule has 0 spiro atoms. The minimum absolute atomic E-state index is 0.316. The lowest BCUT2D eigenvalue weighted by Gasteiger charge is -2.22. The average molecular weight is 266 g/mol. The van der Waals surface area contributed by atoms with Gasteiger partial charge in [-0.2, -0.15) is 0 Å². The Balaban J connectivity index is 1.97. The highest BCUT2D eigenvalue weighted by Crippen LogP contribution is 2.34. The van der Waals surface area contributed by atoms with Crippen LogP contribution in [-0.4, -0.2) is 12.5 Å². The zero-order valence-electron chi connectivity index (χ0n) is 10.8. The minimum Gasteiger partial charge on any atom is -0.367 e. The van der Waals surface area contributed by atoms with Crippen LogP contribution in [0.1, 0.15) is 5.56 Å². The van der Waals surface area contributed by atoms with Crippen molar-refractivity contribution in [3.8, 4) is 0 Å². The van der Waals surface area contributed by atoms with Gasteiger partial charge in [-0.15, -0.1) is 5.11 Å². The molecule has 0 bridgehead atoms. The second-order valence-electron chi connectivity index (χ2n) is 4.67. The summed E-state index contributed by atoms with van der Waals surface area (Å²) in [4.78, 5) is 11.9. The number of benzene rings is 2. The minimum atomic E-state index is -1.11. The molecule has 0 saturated carbocycles. The molecule has 5 heteroatoms. The predicted octanol–water partition coefficient (Wildman–Crippen LogP) is 2.25. The first kappa shape index (κ1) is 12.3. The quantitative estimate of drug-likeness (QED) is 0.925. The molecule has 20 heavy (non-hydrogen) atoms. The molecular formula is C15H14N4O. The lowest BCUT2D eigenvalue weighted by Crippen LogP contribution is -2.43. The van der Waals surface area contributed by atoms with E-state index in [1.807, 2.05) is 60.7 Å². The van der Waals surface area contributed by atoms with Crippen LogP contribution in [0.4, 0.5) is 5.69 Å². The number of primary amides is 1. The van der Waals surface area contributed by atoms with Crippen LogP contribution in [0.3, 0.4) is 0 Å². The third kappa shape index (κ3) is 1.93. The Labute approximate surface area is 116 Å². The molecule has 0 aliphatic carbocycles. The molecule has 100 valence electrons. The summed E-state index contributed by atoms with van der Waals surface area (Å²) >= 11 is 0. The Morgan fingerprint density at radius 1 is 1.05 bits per heavy atom. The highest BCUT2D eigenvalue weighted by Gasteiger charge is 2.45. The van der Waals surface area contributed by atoms with Crippen molar-refractivity contribution in [2.45, 2.75) is 5.54 Å². The predicted molar refractivity (Wildman–Crippen MR) is 76.0 cm³/mol. The Morgan fingerprint density at radius 3 is 2.25 bits per heavy atom. The van der Waals surface area contributed by atoms with Crippen LogP contribution in [-0.2, 0) is 10.3 Å². The third-order valence-corrected chi connectivity index (χ3v) is 3.42. The van der Waals surface area contributed by atoms with Crippen molar-refractivity contribution in [1.29, 1.82) is 0 Å². The summed E-state index contributed by atoms with van der Waals surface area (Å²) in [5, 5.41) is 9.98. The van der Waals surface area contributed by atoms with Crippen LogP contribution in [0.5, 0.6) is 0 Å². The molecular weight excluding hydrogens is 252 g/mol. The summed E-state index contributed by atoms with van der Waals surface area (Å²) in [5.41, 5.74) is 6.12. The summed E-state index contributed by atoms with van der Waals surface area (Å²) in [6.45, 7) is 0.316. The molecule has 1 unspecified atom stereocenters. The van der Waals surface area contributed by atoms with Gasteiger partial charge in [0.25, 0.3) is 5.91 Å². The number of rotatable bonds is 3. The van der Waals surface area contributed by atoms with Gasteiger partial charge in [-0.25, -0.2) is 5.01 Å². The second-order valence-corrected chi connectivity index (χ2v) is 4.67. The molecule has 2 N–H and O–H groups in total. The summed E-state index contributed by atoms with van der Waals surface area (Å²) in [7, 11) is 0. The molecule has 2 aromatic rings. The Bertz CT molecular complexity index is 641. The fraction of sp³-hybridized carbons (Fsp3) is 0.133. The van der Waals surface area contributed by atoms with Gasteiger partial charge in [-0.1, -0.05) is 53.8 Å². The number of anilines is 1. The van der Waals surface area contributed by atoms with E-state index in [1.165, 1.54) is 0 Å². The van der Waals surface area contributed by atoms with E-state index >= 15 is 0 Å². The number of nitrogens with two attached hydrogens (primary N) is 1. The van der Waals surface area contributed by atoms with E-state index in [0.29, 0.717) is 6.54 Å². The van der Waals surface area contributed by atoms with Gasteiger partial charge in [0.1, 0.15) is 0 Å². The Kier molecular flexibility index (Phi) is 2.95. The standard InChI is InChI=1S/C15H14N4O/c16-14(20)15(12-7-3-1-4-8-12)11-19(18-17-15)13-9-5-2-6-10-13/h1-10H,11H2,(H2,16,20). The van der Waals surface area contributed by atoms with Gasteiger partial charge in [0.15, 0.2) is 0 Å². The van der Waals surface area contributed by atoms with E-state index in [2.05, 4.69) is 10.3 Å². The smallest absolute Gasteiger partial charge is 0.253 e. The number of hydrogen-bond donors (Lipinski definition) is 1. The molecule has 1 atom stereocenters. The largest absolute Gasteiger partial charge is 0.367 e. The third-order valence-electron chi connectivity index (χ3n) is 3.42. The van der Waals surface area contributed by atoms with Crippen molar-refractivity contribution in [2.75, 3.05) is 11.6 Å². The number of nitrogens with zero attached hydrogens (tertiary/aromatic N) is 3. The monoisotopic (exact) mass is 266 g/mol. The van der Waals surface area contributed by atoms with Crippen LogP contribution in [0.15, 0.2) is 71.0 Å². The Hall–Kier alpha value is -2.69. The molecule has 1 aliphatic heterocycles. The van der Waals surface area contributed by atoms with Crippen LogP contribution in [0, 0.1) is 0 Å². The summed E-state index contributed by atoms with van der Waals surface area (Å²) in [6.07, 6.45) is 0. The molecule has 5 nitrogen and oxygen atoms in total. The van der Waals surface area contributed by atoms with Crippen LogP contribution in [0.2, 0.25) is 0 Å². The van der Waals surface area contributed by atoms with E-state index in [4.69, 9.17) is 5.73 Å². The maximum absolute atomic E-state index is 11.9. The van der Waals surface area contributed by atoms with E-state index < -0.39 is 11.4 Å². The van der Waals surface area contributed by atoms with E-state index in [1.54, 1.807) is 5.01 Å². The second kappa shape index (κ2) is 4.77. The fourth-order valence-corrected chi connectivity index (χ4v) is 2.29. The maximum atomic E-state index is 11.9. The van der Waals surface area contributed by atoms with Crippen molar-refractivity contribution < 1.29 is 4.79 Å². The number of amides is 1. The lowest BCUT2D eigenvalue weighted by atomic mass is 9.90. The number of hydrogen-bond acceptors (Lipinski definition) is 4. The SMILES string of the molecule is NC(=O)C1(c2ccccc2)CN(c2ccccc2)N=N1. The first-order valence-electron chi connectivity index (χ1n) is 6.33. The van der Waals surface area contributed by atoms with Crippen molar-refractivity contribution in [1.82, 2.24) is 0 Å². The van der Waals surface area contributed by atoms with Gasteiger partial charge in [-0.05, 0) is 17.7 Å². The maximum Gasteiger partial charge on any atom is 0.253 e. The highest BCUT2D eigenvalue weighted by molar-refractivity contribution is 5.87. The average Bonchev–Trinajstić information content (AvgIpc) is 2.96. The lowest BCUT2D eigenvalue weighted by molar-refractivity contribution is -0.122. The highest BCUT2D eigenvalue weighted by atomic mass is 16.1. The van der Waals surface area contributed by atoms with Gasteiger partial charge in [0.2, 0.25) is 5.54 Å². The zero-order chi connectivity index (χ0) is 14.0. The summed E-state index contributed by atoms with van der Waals surface area (Å²) in [6, 6.07) is 18.9. The van der Waals surface area contributed by atoms with Crippen molar-refractivity contribution in [3.63, 3.8) is 0 Å².